The van der Waals surface area contributed by atoms with Crippen LogP contribution in [0.2, 0.25) is 0 Å². The van der Waals surface area contributed by atoms with Crippen molar-refractivity contribution in [2.45, 2.75) is 78.6 Å². The van der Waals surface area contributed by atoms with Gasteiger partial charge >= 0.3 is 13.2 Å². The molecule has 11 nitrogen and oxygen atoms in total. The molecule has 3 aliphatic heterocycles. The molecule has 6 rings (SSSR count). The van der Waals surface area contributed by atoms with Crippen molar-refractivity contribution in [3.8, 4) is 5.75 Å². The topological polar surface area (TPSA) is 109 Å². The SMILES string of the molecule is COc1cc(F)c(C)nc1N1CCN(C(=O)c2cc(B3OC(C)(C)C(C)(C)O3)c3[nH]c(C4=CCCN(C(=O)OC(C)(C)C)C4)cc3c2)CC1. The van der Waals surface area contributed by atoms with Gasteiger partial charge in [0.1, 0.15) is 11.4 Å². The Hall–Kier alpha value is -4.10. The second-order valence-corrected chi connectivity index (χ2v) is 15.1. The third-order valence-electron chi connectivity index (χ3n) is 9.85. The minimum absolute atomic E-state index is 0.106. The molecule has 2 fully saturated rings. The van der Waals surface area contributed by atoms with Crippen LogP contribution >= 0.6 is 0 Å². The fourth-order valence-corrected chi connectivity index (χ4v) is 6.38. The molecular formula is C36H47BFN5O6. The van der Waals surface area contributed by atoms with Gasteiger partial charge in [-0.05, 0) is 85.6 Å². The number of fused-ring (bicyclic) bond motifs is 1. The van der Waals surface area contributed by atoms with E-state index in [2.05, 4.69) is 16.0 Å². The number of piperazine rings is 1. The zero-order valence-corrected chi connectivity index (χ0v) is 30.0. The fourth-order valence-electron chi connectivity index (χ4n) is 6.38. The molecule has 3 aromatic rings. The predicted molar refractivity (Wildman–Crippen MR) is 188 cm³/mol. The van der Waals surface area contributed by atoms with E-state index in [1.165, 1.54) is 13.2 Å². The van der Waals surface area contributed by atoms with Gasteiger partial charge in [0, 0.05) is 66.4 Å². The van der Waals surface area contributed by atoms with Crippen molar-refractivity contribution in [1.29, 1.82) is 0 Å². The molecule has 13 heteroatoms. The van der Waals surface area contributed by atoms with E-state index in [1.54, 1.807) is 11.8 Å². The van der Waals surface area contributed by atoms with Crippen LogP contribution < -0.4 is 15.1 Å². The highest BCUT2D eigenvalue weighted by Crippen LogP contribution is 2.38. The number of pyridine rings is 1. The Kier molecular flexibility index (Phi) is 8.98. The quantitative estimate of drug-likeness (QED) is 0.363. The number of nitrogens with one attached hydrogen (secondary N) is 1. The van der Waals surface area contributed by atoms with Crippen LogP contribution in [0.5, 0.6) is 5.75 Å². The molecule has 2 saturated heterocycles. The maximum Gasteiger partial charge on any atom is 0.497 e. The molecule has 49 heavy (non-hydrogen) atoms. The highest BCUT2D eigenvalue weighted by atomic mass is 19.1. The number of rotatable bonds is 5. The lowest BCUT2D eigenvalue weighted by atomic mass is 9.77. The van der Waals surface area contributed by atoms with Crippen LogP contribution in [0.1, 0.15) is 76.6 Å². The number of hydrogen-bond donors (Lipinski definition) is 1. The van der Waals surface area contributed by atoms with E-state index in [1.807, 2.05) is 76.5 Å². The fraction of sp³-hybridized carbons (Fsp3) is 0.528. The van der Waals surface area contributed by atoms with E-state index in [0.29, 0.717) is 68.5 Å². The van der Waals surface area contributed by atoms with E-state index in [0.717, 1.165) is 27.6 Å². The van der Waals surface area contributed by atoms with E-state index in [4.69, 9.17) is 18.8 Å². The Balaban J connectivity index is 1.29. The Labute approximate surface area is 287 Å². The first-order valence-corrected chi connectivity index (χ1v) is 16.9. The van der Waals surface area contributed by atoms with Crippen LogP contribution in [0.3, 0.4) is 0 Å². The number of H-pyrrole nitrogens is 1. The molecule has 1 N–H and O–H groups in total. The van der Waals surface area contributed by atoms with Gasteiger partial charge in [-0.3, -0.25) is 4.79 Å². The van der Waals surface area contributed by atoms with E-state index in [9.17, 15) is 14.0 Å². The maximum absolute atomic E-state index is 14.2. The largest absolute Gasteiger partial charge is 0.497 e. The highest BCUT2D eigenvalue weighted by Gasteiger charge is 2.52. The molecule has 0 radical (unpaired) electrons. The Morgan fingerprint density at radius 2 is 1.65 bits per heavy atom. The smallest absolute Gasteiger partial charge is 0.493 e. The van der Waals surface area contributed by atoms with Gasteiger partial charge in [0.2, 0.25) is 0 Å². The summed E-state index contributed by atoms with van der Waals surface area (Å²) in [5.41, 5.74) is 2.45. The summed E-state index contributed by atoms with van der Waals surface area (Å²) in [7, 11) is 0.791. The van der Waals surface area contributed by atoms with Gasteiger partial charge < -0.3 is 38.5 Å². The van der Waals surface area contributed by atoms with Gasteiger partial charge in [0.25, 0.3) is 5.91 Å². The molecule has 1 aromatic carbocycles. The number of anilines is 1. The van der Waals surface area contributed by atoms with Crippen molar-refractivity contribution in [2.75, 3.05) is 51.3 Å². The molecule has 262 valence electrons. The van der Waals surface area contributed by atoms with Crippen LogP contribution in [0.25, 0.3) is 16.5 Å². The van der Waals surface area contributed by atoms with Crippen LogP contribution in [-0.4, -0.2) is 102 Å². The number of carbonyl (C=O) groups excluding carboxylic acids is 2. The summed E-state index contributed by atoms with van der Waals surface area (Å²) in [5, 5.41) is 0.843. The molecule has 0 atom stereocenters. The number of aryl methyl sites for hydroxylation is 1. The highest BCUT2D eigenvalue weighted by molar-refractivity contribution is 6.65. The first-order valence-electron chi connectivity index (χ1n) is 16.9. The summed E-state index contributed by atoms with van der Waals surface area (Å²) in [6.45, 7) is 18.1. The molecule has 3 aliphatic rings. The Morgan fingerprint density at radius 1 is 0.980 bits per heavy atom. The summed E-state index contributed by atoms with van der Waals surface area (Å²) in [4.78, 5) is 40.6. The lowest BCUT2D eigenvalue weighted by Crippen LogP contribution is -2.49. The van der Waals surface area contributed by atoms with Crippen molar-refractivity contribution in [1.82, 2.24) is 19.8 Å². The van der Waals surface area contributed by atoms with Crippen LogP contribution in [0.4, 0.5) is 15.0 Å². The van der Waals surface area contributed by atoms with Gasteiger partial charge in [-0.15, -0.1) is 0 Å². The average Bonchev–Trinajstić information content (AvgIpc) is 3.57. The van der Waals surface area contributed by atoms with Gasteiger partial charge in [-0.1, -0.05) is 6.08 Å². The van der Waals surface area contributed by atoms with Gasteiger partial charge in [0.05, 0.1) is 30.6 Å². The van der Waals surface area contributed by atoms with Crippen molar-refractivity contribution < 1.29 is 32.8 Å². The molecule has 0 spiro atoms. The molecule has 0 aliphatic carbocycles. The summed E-state index contributed by atoms with van der Waals surface area (Å²) in [5.74, 6) is 0.409. The number of halogens is 1. The van der Waals surface area contributed by atoms with Crippen molar-refractivity contribution in [3.05, 3.63) is 53.1 Å². The lowest BCUT2D eigenvalue weighted by molar-refractivity contribution is 0.00578. The van der Waals surface area contributed by atoms with Gasteiger partial charge in [-0.25, -0.2) is 14.2 Å². The summed E-state index contributed by atoms with van der Waals surface area (Å²) in [6, 6.07) is 7.15. The van der Waals surface area contributed by atoms with Gasteiger partial charge in [-0.2, -0.15) is 0 Å². The number of benzene rings is 1. The van der Waals surface area contributed by atoms with E-state index < -0.39 is 29.7 Å². The standard InChI is InChI=1S/C36H47BFN5O6/c1-22-27(38)20-29(46-9)31(39-22)41-13-15-42(16-14-41)32(44)25-17-24-19-28(23-11-10-12-43(21-23)33(45)47-34(2,3)4)40-30(24)26(18-25)37-48-35(5,6)36(7,8)49-37/h11,17-20,40H,10,12-16,21H2,1-9H3. The molecule has 0 unspecified atom stereocenters. The van der Waals surface area contributed by atoms with E-state index >= 15 is 0 Å². The number of aromatic nitrogens is 2. The van der Waals surface area contributed by atoms with Crippen molar-refractivity contribution >= 4 is 46.9 Å². The van der Waals surface area contributed by atoms with Crippen molar-refractivity contribution in [3.63, 3.8) is 0 Å². The Morgan fingerprint density at radius 3 is 2.29 bits per heavy atom. The summed E-state index contributed by atoms with van der Waals surface area (Å²) >= 11 is 0. The summed E-state index contributed by atoms with van der Waals surface area (Å²) in [6.07, 6.45) is 2.49. The molecule has 2 amide bonds. The second-order valence-electron chi connectivity index (χ2n) is 15.1. The number of carbonyl (C=O) groups is 2. The number of nitrogens with zero attached hydrogens (tertiary/aromatic N) is 4. The summed E-state index contributed by atoms with van der Waals surface area (Å²) < 4.78 is 38.2. The number of ether oxygens (including phenoxy) is 2. The normalized spacial score (nSPS) is 19.3. The number of hydrogen-bond acceptors (Lipinski definition) is 8. The van der Waals surface area contributed by atoms with Crippen molar-refractivity contribution in [2.24, 2.45) is 0 Å². The zero-order chi connectivity index (χ0) is 35.5. The number of methoxy groups -OCH3 is 1. The average molecular weight is 676 g/mol. The molecular weight excluding hydrogens is 628 g/mol. The number of aromatic amines is 1. The third-order valence-corrected chi connectivity index (χ3v) is 9.85. The lowest BCUT2D eigenvalue weighted by Gasteiger charge is -2.36. The second kappa shape index (κ2) is 12.7. The molecule has 2 aromatic heterocycles. The van der Waals surface area contributed by atoms with Crippen LogP contribution in [0, 0.1) is 12.7 Å². The van der Waals surface area contributed by atoms with Crippen LogP contribution in [0.15, 0.2) is 30.3 Å². The van der Waals surface area contributed by atoms with Crippen LogP contribution in [-0.2, 0) is 14.0 Å². The molecule has 0 saturated carbocycles. The predicted octanol–water partition coefficient (Wildman–Crippen LogP) is 5.30. The number of amides is 2. The first-order chi connectivity index (χ1) is 23.0. The minimum Gasteiger partial charge on any atom is -0.493 e. The molecule has 0 bridgehead atoms. The van der Waals surface area contributed by atoms with Gasteiger partial charge in [0.15, 0.2) is 11.6 Å². The minimum atomic E-state index is -0.706. The molecule has 5 heterocycles. The Bertz CT molecular complexity index is 1790. The third kappa shape index (κ3) is 6.87. The maximum atomic E-state index is 14.2. The zero-order valence-electron chi connectivity index (χ0n) is 30.0. The monoisotopic (exact) mass is 675 g/mol. The first kappa shape index (κ1) is 34.8. The van der Waals surface area contributed by atoms with E-state index in [-0.39, 0.29) is 12.0 Å².